The van der Waals surface area contributed by atoms with Gasteiger partial charge in [0, 0.05) is 14.1 Å². The van der Waals surface area contributed by atoms with E-state index < -0.39 is 6.03 Å². The second-order valence-electron chi connectivity index (χ2n) is 1.76. The largest absolute Gasteiger partial charge is 0.329 e. The Balaban J connectivity index is 4.06. The lowest BCUT2D eigenvalue weighted by Crippen LogP contribution is -2.36. The van der Waals surface area contributed by atoms with E-state index in [1.54, 1.807) is 0 Å². The number of carbonyl (C=O) groups excluding carboxylic acids is 1. The van der Waals surface area contributed by atoms with Gasteiger partial charge in [-0.05, 0) is 0 Å². The van der Waals surface area contributed by atoms with Crippen LogP contribution in [0.3, 0.4) is 0 Å². The molecule has 0 atom stereocenters. The third kappa shape index (κ3) is 1.85. The fraction of sp³-hybridized carbons (Fsp3) is 0.400. The summed E-state index contributed by atoms with van der Waals surface area (Å²) in [6.45, 7) is 0. The maximum atomic E-state index is 10.9. The van der Waals surface area contributed by atoms with Gasteiger partial charge < -0.3 is 0 Å². The highest BCUT2D eigenvalue weighted by Gasteiger charge is 2.08. The highest BCUT2D eigenvalue weighted by Crippen LogP contribution is 1.85. The molecule has 5 heteroatoms. The van der Waals surface area contributed by atoms with Crippen molar-refractivity contribution >= 4 is 18.7 Å². The minimum absolute atomic E-state index is 0.398. The summed E-state index contributed by atoms with van der Waals surface area (Å²) in [7, 11) is 2.91. The highest BCUT2D eigenvalue weighted by atomic mass is 16.2. The molecule has 0 fully saturated rings. The van der Waals surface area contributed by atoms with Crippen LogP contribution >= 0.6 is 0 Å². The summed E-state index contributed by atoms with van der Waals surface area (Å²) in [4.78, 5) is 13.0. The molecule has 0 bridgehead atoms. The molecule has 0 radical (unpaired) electrons. The molecule has 0 saturated carbocycles. The zero-order valence-corrected chi connectivity index (χ0v) is 5.96. The molecule has 0 unspecified atom stereocenters. The van der Waals surface area contributed by atoms with Crippen LogP contribution in [-0.4, -0.2) is 42.6 Å². The molecule has 0 rings (SSSR count). The van der Waals surface area contributed by atoms with Gasteiger partial charge in [-0.15, -0.1) is 0 Å². The molecule has 2 amide bonds. The van der Waals surface area contributed by atoms with E-state index in [1.807, 2.05) is 0 Å². The van der Waals surface area contributed by atoms with Crippen LogP contribution in [0.25, 0.3) is 0 Å². The highest BCUT2D eigenvalue weighted by molar-refractivity contribution is 5.91. The van der Waals surface area contributed by atoms with Crippen molar-refractivity contribution in [1.82, 2.24) is 9.80 Å². The predicted molar refractivity (Wildman–Crippen MR) is 38.5 cm³/mol. The van der Waals surface area contributed by atoms with Crippen LogP contribution in [0.5, 0.6) is 0 Å². The molecule has 0 aromatic rings. The van der Waals surface area contributed by atoms with Crippen molar-refractivity contribution < 1.29 is 4.79 Å². The average Bonchev–Trinajstić information content (AvgIpc) is 2.00. The van der Waals surface area contributed by atoms with Crippen LogP contribution in [0.2, 0.25) is 0 Å². The van der Waals surface area contributed by atoms with Crippen LogP contribution in [-0.2, 0) is 0 Å². The Morgan fingerprint density at radius 1 is 1.20 bits per heavy atom. The zero-order chi connectivity index (χ0) is 8.15. The average molecular weight is 142 g/mol. The fourth-order valence-electron chi connectivity index (χ4n) is 0.359. The number of hydrogen-bond donors (Lipinski definition) is 2. The van der Waals surface area contributed by atoms with Gasteiger partial charge in [0.2, 0.25) is 0 Å². The molecule has 0 aliphatic heterocycles. The van der Waals surface area contributed by atoms with Gasteiger partial charge in [0.15, 0.2) is 0 Å². The van der Waals surface area contributed by atoms with E-state index >= 15 is 0 Å². The van der Waals surface area contributed by atoms with Crippen LogP contribution < -0.4 is 0 Å². The lowest BCUT2D eigenvalue weighted by molar-refractivity contribution is 0.212. The Morgan fingerprint density at radius 3 is 1.70 bits per heavy atom. The number of carbonyl (C=O) groups is 1. The van der Waals surface area contributed by atoms with E-state index in [-0.39, 0.29) is 0 Å². The summed E-state index contributed by atoms with van der Waals surface area (Å²) in [5.41, 5.74) is 0. The predicted octanol–water partition coefficient (Wildman–Crippen LogP) is 0.184. The molecule has 0 aromatic carbocycles. The molecule has 0 saturated heterocycles. The standard InChI is InChI=1S/C5H10N4O/c1-8(3-6)5(10)9(2)4-7/h3-4,6-7H,1-2H3. The molecule has 0 aliphatic carbocycles. The molecule has 2 N–H and O–H groups in total. The SMILES string of the molecule is CN(C=N)C(=O)N(C)C=N. The molecule has 5 nitrogen and oxygen atoms in total. The molecule has 0 aromatic heterocycles. The number of rotatable bonds is 2. The molecule has 0 spiro atoms. The normalized spacial score (nSPS) is 8.20. The summed E-state index contributed by atoms with van der Waals surface area (Å²) in [5.74, 6) is 0. The first-order chi connectivity index (χ1) is 4.63. The quantitative estimate of drug-likeness (QED) is 0.419. The first-order valence-corrected chi connectivity index (χ1v) is 2.64. The Labute approximate surface area is 59.3 Å². The van der Waals surface area contributed by atoms with Crippen LogP contribution in [0.1, 0.15) is 0 Å². The summed E-state index contributed by atoms with van der Waals surface area (Å²) in [6.07, 6.45) is 1.78. The van der Waals surface area contributed by atoms with E-state index in [4.69, 9.17) is 10.8 Å². The summed E-state index contributed by atoms with van der Waals surface area (Å²) < 4.78 is 0. The molecule has 0 aliphatic rings. The van der Waals surface area contributed by atoms with Crippen LogP contribution in [0.4, 0.5) is 4.79 Å². The van der Waals surface area contributed by atoms with Crippen LogP contribution in [0.15, 0.2) is 0 Å². The van der Waals surface area contributed by atoms with Crippen molar-refractivity contribution in [3.05, 3.63) is 0 Å². The van der Waals surface area contributed by atoms with Gasteiger partial charge >= 0.3 is 6.03 Å². The number of nitrogens with one attached hydrogen (secondary N) is 2. The zero-order valence-electron chi connectivity index (χ0n) is 5.96. The third-order valence-electron chi connectivity index (χ3n) is 0.991. The van der Waals surface area contributed by atoms with Gasteiger partial charge in [-0.25, -0.2) is 4.79 Å². The smallest absolute Gasteiger partial charge is 0.291 e. The number of nitrogens with zero attached hydrogens (tertiary/aromatic N) is 2. The van der Waals surface area contributed by atoms with Gasteiger partial charge in [-0.2, -0.15) is 0 Å². The van der Waals surface area contributed by atoms with Crippen molar-refractivity contribution in [2.45, 2.75) is 0 Å². The first kappa shape index (κ1) is 8.61. The van der Waals surface area contributed by atoms with Gasteiger partial charge in [-0.1, -0.05) is 0 Å². The van der Waals surface area contributed by atoms with Crippen molar-refractivity contribution in [3.63, 3.8) is 0 Å². The Kier molecular flexibility index (Phi) is 3.10. The minimum atomic E-state index is -0.398. The molecule has 56 valence electrons. The first-order valence-electron chi connectivity index (χ1n) is 2.64. The van der Waals surface area contributed by atoms with Crippen molar-refractivity contribution in [2.75, 3.05) is 14.1 Å². The molecule has 10 heavy (non-hydrogen) atoms. The van der Waals surface area contributed by atoms with Gasteiger partial charge in [0.25, 0.3) is 0 Å². The molecular weight excluding hydrogens is 132 g/mol. The monoisotopic (exact) mass is 142 g/mol. The second-order valence-corrected chi connectivity index (χ2v) is 1.76. The van der Waals surface area contributed by atoms with E-state index in [9.17, 15) is 4.79 Å². The van der Waals surface area contributed by atoms with E-state index in [0.29, 0.717) is 0 Å². The van der Waals surface area contributed by atoms with Crippen LogP contribution in [0, 0.1) is 10.8 Å². The van der Waals surface area contributed by atoms with E-state index in [1.165, 1.54) is 14.1 Å². The maximum Gasteiger partial charge on any atom is 0.329 e. The van der Waals surface area contributed by atoms with E-state index in [0.717, 1.165) is 22.5 Å². The Bertz CT molecular complexity index is 140. The maximum absolute atomic E-state index is 10.9. The lowest BCUT2D eigenvalue weighted by atomic mass is 10.7. The summed E-state index contributed by atoms with van der Waals surface area (Å²) in [6, 6.07) is -0.398. The Morgan fingerprint density at radius 2 is 1.50 bits per heavy atom. The van der Waals surface area contributed by atoms with Gasteiger partial charge in [0.1, 0.15) is 0 Å². The topological polar surface area (TPSA) is 71.2 Å². The Hall–Kier alpha value is -1.39. The van der Waals surface area contributed by atoms with Crippen molar-refractivity contribution in [1.29, 1.82) is 10.8 Å². The lowest BCUT2D eigenvalue weighted by Gasteiger charge is -2.15. The van der Waals surface area contributed by atoms with Gasteiger partial charge in [-0.3, -0.25) is 20.6 Å². The molecule has 0 heterocycles. The number of urea groups is 1. The summed E-state index contributed by atoms with van der Waals surface area (Å²) >= 11 is 0. The third-order valence-corrected chi connectivity index (χ3v) is 0.991. The van der Waals surface area contributed by atoms with Crippen molar-refractivity contribution in [2.24, 2.45) is 0 Å². The molecular formula is C5H10N4O. The number of amides is 2. The number of hydrogen-bond acceptors (Lipinski definition) is 3. The van der Waals surface area contributed by atoms with Crippen molar-refractivity contribution in [3.8, 4) is 0 Å². The minimum Gasteiger partial charge on any atom is -0.291 e. The van der Waals surface area contributed by atoms with E-state index in [2.05, 4.69) is 0 Å². The van der Waals surface area contributed by atoms with Gasteiger partial charge in [0.05, 0.1) is 12.7 Å². The fourth-order valence-corrected chi connectivity index (χ4v) is 0.359. The summed E-state index contributed by atoms with van der Waals surface area (Å²) in [5, 5.41) is 13.4. The second kappa shape index (κ2) is 3.60.